The molecule has 19 heavy (non-hydrogen) atoms. The maximum absolute atomic E-state index is 12.0. The number of carbonyl (C=O) groups is 2. The molecule has 5 heteroatoms. The number of carbonyl (C=O) groups excluding carboxylic acids is 1. The molecular formula is C14H28N2O3. The number of hydrogen-bond acceptors (Lipinski definition) is 2. The van der Waals surface area contributed by atoms with Gasteiger partial charge in [0, 0.05) is 25.6 Å². The minimum atomic E-state index is -0.791. The summed E-state index contributed by atoms with van der Waals surface area (Å²) in [6.07, 6.45) is 2.39. The molecule has 0 radical (unpaired) electrons. The van der Waals surface area contributed by atoms with E-state index in [4.69, 9.17) is 5.11 Å². The van der Waals surface area contributed by atoms with Crippen molar-refractivity contribution in [3.8, 4) is 0 Å². The highest BCUT2D eigenvalue weighted by molar-refractivity contribution is 5.74. The smallest absolute Gasteiger partial charge is 0.317 e. The van der Waals surface area contributed by atoms with E-state index in [1.165, 1.54) is 0 Å². The lowest BCUT2D eigenvalue weighted by molar-refractivity contribution is -0.137. The van der Waals surface area contributed by atoms with Crippen LogP contribution in [0, 0.1) is 5.92 Å². The summed E-state index contributed by atoms with van der Waals surface area (Å²) >= 11 is 0. The number of carboxylic acids is 1. The molecule has 2 atom stereocenters. The Labute approximate surface area is 116 Å². The van der Waals surface area contributed by atoms with E-state index in [2.05, 4.69) is 19.2 Å². The Balaban J connectivity index is 4.03. The third-order valence-electron chi connectivity index (χ3n) is 3.19. The monoisotopic (exact) mass is 272 g/mol. The topological polar surface area (TPSA) is 69.6 Å². The largest absolute Gasteiger partial charge is 0.481 e. The van der Waals surface area contributed by atoms with Crippen LogP contribution in [0.3, 0.4) is 0 Å². The van der Waals surface area contributed by atoms with E-state index in [0.29, 0.717) is 18.8 Å². The average Bonchev–Trinajstić information content (AvgIpc) is 2.26. The van der Waals surface area contributed by atoms with Crippen LogP contribution in [0.5, 0.6) is 0 Å². The van der Waals surface area contributed by atoms with E-state index in [-0.39, 0.29) is 24.5 Å². The normalized spacial score (nSPS) is 14.0. The molecular weight excluding hydrogens is 244 g/mol. The Morgan fingerprint density at radius 3 is 2.26 bits per heavy atom. The second-order valence-electron chi connectivity index (χ2n) is 5.73. The zero-order valence-electron chi connectivity index (χ0n) is 12.8. The third-order valence-corrected chi connectivity index (χ3v) is 3.19. The minimum Gasteiger partial charge on any atom is -0.481 e. The lowest BCUT2D eigenvalue weighted by Crippen LogP contribution is -2.46. The number of nitrogens with zero attached hydrogens (tertiary/aromatic N) is 1. The summed E-state index contributed by atoms with van der Waals surface area (Å²) < 4.78 is 0. The van der Waals surface area contributed by atoms with Crippen LogP contribution in [0.2, 0.25) is 0 Å². The molecule has 2 unspecified atom stereocenters. The SMILES string of the molecule is CC(C)CC(C)N(C)C(=O)NC(C)CCCC(=O)O. The fourth-order valence-electron chi connectivity index (χ4n) is 1.98. The van der Waals surface area contributed by atoms with Gasteiger partial charge in [-0.1, -0.05) is 13.8 Å². The Bertz CT molecular complexity index is 292. The molecule has 0 bridgehead atoms. The summed E-state index contributed by atoms with van der Waals surface area (Å²) in [5, 5.41) is 11.5. The highest BCUT2D eigenvalue weighted by atomic mass is 16.4. The Morgan fingerprint density at radius 2 is 1.79 bits per heavy atom. The van der Waals surface area contributed by atoms with Crippen LogP contribution in [0.25, 0.3) is 0 Å². The van der Waals surface area contributed by atoms with Crippen LogP contribution in [0.1, 0.15) is 53.4 Å². The van der Waals surface area contributed by atoms with Gasteiger partial charge in [0.15, 0.2) is 0 Å². The number of amides is 2. The standard InChI is InChI=1S/C14H28N2O3/c1-10(2)9-12(4)16(5)14(19)15-11(3)7-6-8-13(17)18/h10-12H,6-9H2,1-5H3,(H,15,19)(H,17,18). The second-order valence-corrected chi connectivity index (χ2v) is 5.73. The quantitative estimate of drug-likeness (QED) is 0.713. The maximum atomic E-state index is 12.0. The number of carboxylic acid groups (broad SMARTS) is 1. The van der Waals surface area contributed by atoms with Crippen molar-refractivity contribution in [2.45, 2.75) is 65.5 Å². The van der Waals surface area contributed by atoms with Gasteiger partial charge in [0.25, 0.3) is 0 Å². The highest BCUT2D eigenvalue weighted by Crippen LogP contribution is 2.10. The molecule has 0 fully saturated rings. The molecule has 5 nitrogen and oxygen atoms in total. The third kappa shape index (κ3) is 8.46. The molecule has 0 heterocycles. The summed E-state index contributed by atoms with van der Waals surface area (Å²) in [4.78, 5) is 24.1. The summed E-state index contributed by atoms with van der Waals surface area (Å²) in [7, 11) is 1.80. The van der Waals surface area contributed by atoms with Crippen LogP contribution in [-0.4, -0.2) is 41.1 Å². The van der Waals surface area contributed by atoms with Crippen molar-refractivity contribution in [1.29, 1.82) is 0 Å². The van der Waals surface area contributed by atoms with E-state index in [0.717, 1.165) is 6.42 Å². The van der Waals surface area contributed by atoms with Gasteiger partial charge in [-0.15, -0.1) is 0 Å². The minimum absolute atomic E-state index is 0.000509. The lowest BCUT2D eigenvalue weighted by Gasteiger charge is -2.28. The number of nitrogens with one attached hydrogen (secondary N) is 1. The molecule has 0 rings (SSSR count). The van der Waals surface area contributed by atoms with Gasteiger partial charge in [0.2, 0.25) is 0 Å². The Hall–Kier alpha value is -1.26. The van der Waals surface area contributed by atoms with E-state index >= 15 is 0 Å². The number of urea groups is 1. The number of rotatable bonds is 8. The number of aliphatic carboxylic acids is 1. The van der Waals surface area contributed by atoms with Gasteiger partial charge in [0.1, 0.15) is 0 Å². The fraction of sp³-hybridized carbons (Fsp3) is 0.857. The first-order valence-corrected chi connectivity index (χ1v) is 6.99. The van der Waals surface area contributed by atoms with Gasteiger partial charge in [0.05, 0.1) is 0 Å². The summed E-state index contributed by atoms with van der Waals surface area (Å²) in [5.74, 6) is -0.237. The van der Waals surface area contributed by atoms with Gasteiger partial charge in [-0.05, 0) is 39.0 Å². The lowest BCUT2D eigenvalue weighted by atomic mass is 10.0. The summed E-state index contributed by atoms with van der Waals surface area (Å²) in [5.41, 5.74) is 0. The van der Waals surface area contributed by atoms with E-state index in [1.54, 1.807) is 11.9 Å². The molecule has 2 amide bonds. The molecule has 2 N–H and O–H groups in total. The molecule has 0 aliphatic heterocycles. The zero-order chi connectivity index (χ0) is 15.0. The predicted molar refractivity (Wildman–Crippen MR) is 76.2 cm³/mol. The highest BCUT2D eigenvalue weighted by Gasteiger charge is 2.18. The van der Waals surface area contributed by atoms with Crippen LogP contribution >= 0.6 is 0 Å². The molecule has 0 saturated heterocycles. The summed E-state index contributed by atoms with van der Waals surface area (Å²) in [6, 6.07) is 0.114. The van der Waals surface area contributed by atoms with Crippen molar-refractivity contribution in [2.75, 3.05) is 7.05 Å². The molecule has 0 spiro atoms. The van der Waals surface area contributed by atoms with Gasteiger partial charge in [-0.2, -0.15) is 0 Å². The molecule has 0 aliphatic rings. The van der Waals surface area contributed by atoms with Crippen LogP contribution in [0.4, 0.5) is 4.79 Å². The van der Waals surface area contributed by atoms with Crippen molar-refractivity contribution in [3.05, 3.63) is 0 Å². The molecule has 112 valence electrons. The van der Waals surface area contributed by atoms with E-state index < -0.39 is 5.97 Å². The molecule has 0 saturated carbocycles. The predicted octanol–water partition coefficient (Wildman–Crippen LogP) is 2.71. The van der Waals surface area contributed by atoms with E-state index in [9.17, 15) is 9.59 Å². The maximum Gasteiger partial charge on any atom is 0.317 e. The van der Waals surface area contributed by atoms with Gasteiger partial charge in [-0.25, -0.2) is 4.79 Å². The van der Waals surface area contributed by atoms with Crippen LogP contribution in [-0.2, 0) is 4.79 Å². The first-order chi connectivity index (χ1) is 8.73. The van der Waals surface area contributed by atoms with Gasteiger partial charge < -0.3 is 15.3 Å². The fourth-order valence-corrected chi connectivity index (χ4v) is 1.98. The molecule has 0 aromatic rings. The Kier molecular flexibility index (Phi) is 8.19. The first-order valence-electron chi connectivity index (χ1n) is 6.99. The average molecular weight is 272 g/mol. The van der Waals surface area contributed by atoms with Crippen LogP contribution < -0.4 is 5.32 Å². The van der Waals surface area contributed by atoms with Crippen molar-refractivity contribution < 1.29 is 14.7 Å². The first kappa shape index (κ1) is 17.7. The van der Waals surface area contributed by atoms with Crippen molar-refractivity contribution in [1.82, 2.24) is 10.2 Å². The van der Waals surface area contributed by atoms with E-state index in [1.807, 2.05) is 13.8 Å². The van der Waals surface area contributed by atoms with Crippen molar-refractivity contribution in [2.24, 2.45) is 5.92 Å². The molecule has 0 aliphatic carbocycles. The van der Waals surface area contributed by atoms with Crippen LogP contribution in [0.15, 0.2) is 0 Å². The second kappa shape index (κ2) is 8.77. The van der Waals surface area contributed by atoms with Crippen molar-refractivity contribution >= 4 is 12.0 Å². The number of hydrogen-bond donors (Lipinski definition) is 2. The van der Waals surface area contributed by atoms with Gasteiger partial charge >= 0.3 is 12.0 Å². The summed E-state index contributed by atoms with van der Waals surface area (Å²) in [6.45, 7) is 8.21. The molecule has 0 aromatic heterocycles. The van der Waals surface area contributed by atoms with Crippen molar-refractivity contribution in [3.63, 3.8) is 0 Å². The van der Waals surface area contributed by atoms with Gasteiger partial charge in [-0.3, -0.25) is 4.79 Å². The zero-order valence-corrected chi connectivity index (χ0v) is 12.8. The Morgan fingerprint density at radius 1 is 1.21 bits per heavy atom. The molecule has 0 aromatic carbocycles.